The number of hydrogen-bond donors (Lipinski definition) is 2. The summed E-state index contributed by atoms with van der Waals surface area (Å²) in [7, 11) is 0. The van der Waals surface area contributed by atoms with Crippen LogP contribution in [0.25, 0.3) is 0 Å². The number of rotatable bonds is 1. The molecular weight excluding hydrogens is 186 g/mol. The highest BCUT2D eigenvalue weighted by atomic mass is 16.3. The highest BCUT2D eigenvalue weighted by molar-refractivity contribution is 5.37. The molecule has 0 aromatic heterocycles. The summed E-state index contributed by atoms with van der Waals surface area (Å²) in [6.07, 6.45) is 4.77. The summed E-state index contributed by atoms with van der Waals surface area (Å²) in [5.74, 6) is 0.829. The summed E-state index contributed by atoms with van der Waals surface area (Å²) in [6.45, 7) is 1.92. The Kier molecular flexibility index (Phi) is 2.96. The van der Waals surface area contributed by atoms with E-state index < -0.39 is 0 Å². The predicted molar refractivity (Wildman–Crippen MR) is 62.0 cm³/mol. The molecular formula is C13H19NO. The van der Waals surface area contributed by atoms with Gasteiger partial charge < -0.3 is 10.8 Å². The molecule has 1 aliphatic rings. The first-order valence-corrected chi connectivity index (χ1v) is 5.73. The van der Waals surface area contributed by atoms with Crippen LogP contribution >= 0.6 is 0 Å². The molecule has 0 radical (unpaired) electrons. The van der Waals surface area contributed by atoms with Crippen LogP contribution < -0.4 is 5.73 Å². The molecule has 1 aromatic carbocycles. The lowest BCUT2D eigenvalue weighted by molar-refractivity contribution is 0.383. The van der Waals surface area contributed by atoms with Crippen LogP contribution in [0.4, 0.5) is 0 Å². The maximum Gasteiger partial charge on any atom is 0.118 e. The second-order valence-corrected chi connectivity index (χ2v) is 4.60. The Morgan fingerprint density at radius 2 is 2.00 bits per heavy atom. The first kappa shape index (κ1) is 10.5. The van der Waals surface area contributed by atoms with E-state index in [0.29, 0.717) is 11.7 Å². The van der Waals surface area contributed by atoms with Crippen molar-refractivity contribution < 1.29 is 5.11 Å². The largest absolute Gasteiger partial charge is 0.508 e. The molecule has 2 atom stereocenters. The SMILES string of the molecule is Cc1ccc(C2CCCCC2N)cc1O. The first-order chi connectivity index (χ1) is 7.18. The van der Waals surface area contributed by atoms with Gasteiger partial charge in [0.15, 0.2) is 0 Å². The number of aromatic hydroxyl groups is 1. The van der Waals surface area contributed by atoms with Gasteiger partial charge in [0.05, 0.1) is 0 Å². The lowest BCUT2D eigenvalue weighted by Gasteiger charge is -2.29. The van der Waals surface area contributed by atoms with Gasteiger partial charge in [-0.05, 0) is 42.9 Å². The minimum atomic E-state index is 0.265. The summed E-state index contributed by atoms with van der Waals surface area (Å²) in [6, 6.07) is 6.23. The zero-order valence-electron chi connectivity index (χ0n) is 9.24. The average molecular weight is 205 g/mol. The van der Waals surface area contributed by atoms with Crippen LogP contribution in [0.1, 0.15) is 42.7 Å². The number of benzene rings is 1. The lowest BCUT2D eigenvalue weighted by Crippen LogP contribution is -2.31. The molecule has 1 saturated carbocycles. The van der Waals surface area contributed by atoms with E-state index in [4.69, 9.17) is 5.73 Å². The Hall–Kier alpha value is -1.02. The van der Waals surface area contributed by atoms with Crippen molar-refractivity contribution in [3.8, 4) is 5.75 Å². The van der Waals surface area contributed by atoms with E-state index in [1.807, 2.05) is 19.1 Å². The van der Waals surface area contributed by atoms with E-state index in [1.165, 1.54) is 18.4 Å². The molecule has 3 N–H and O–H groups in total. The molecule has 0 spiro atoms. The number of aryl methyl sites for hydroxylation is 1. The van der Waals surface area contributed by atoms with Gasteiger partial charge in [-0.2, -0.15) is 0 Å². The average Bonchev–Trinajstić information content (AvgIpc) is 2.23. The van der Waals surface area contributed by atoms with Crippen LogP contribution in [0.3, 0.4) is 0 Å². The van der Waals surface area contributed by atoms with Gasteiger partial charge in [0.25, 0.3) is 0 Å². The smallest absolute Gasteiger partial charge is 0.118 e. The predicted octanol–water partition coefficient (Wildman–Crippen LogP) is 2.69. The Balaban J connectivity index is 2.24. The van der Waals surface area contributed by atoms with E-state index in [0.717, 1.165) is 18.4 Å². The van der Waals surface area contributed by atoms with Gasteiger partial charge in [0.1, 0.15) is 5.75 Å². The summed E-state index contributed by atoms with van der Waals surface area (Å²) in [5, 5.41) is 9.68. The fourth-order valence-electron chi connectivity index (χ4n) is 2.43. The van der Waals surface area contributed by atoms with E-state index in [1.54, 1.807) is 0 Å². The number of nitrogens with two attached hydrogens (primary N) is 1. The zero-order valence-corrected chi connectivity index (χ0v) is 9.24. The van der Waals surface area contributed by atoms with Gasteiger partial charge in [-0.3, -0.25) is 0 Å². The van der Waals surface area contributed by atoms with Crippen molar-refractivity contribution in [3.05, 3.63) is 29.3 Å². The molecule has 1 aromatic rings. The molecule has 1 aliphatic carbocycles. The first-order valence-electron chi connectivity index (χ1n) is 5.73. The number of phenolic OH excluding ortho intramolecular Hbond substituents is 1. The standard InChI is InChI=1S/C13H19NO/c1-9-6-7-10(8-13(9)15)11-4-2-3-5-12(11)14/h6-8,11-12,15H,2-5,14H2,1H3. The van der Waals surface area contributed by atoms with Gasteiger partial charge in [-0.15, -0.1) is 0 Å². The quantitative estimate of drug-likeness (QED) is 0.740. The maximum atomic E-state index is 9.68. The van der Waals surface area contributed by atoms with Gasteiger partial charge in [-0.25, -0.2) is 0 Å². The Morgan fingerprint density at radius 1 is 1.27 bits per heavy atom. The maximum absolute atomic E-state index is 9.68. The fourth-order valence-corrected chi connectivity index (χ4v) is 2.43. The Labute approximate surface area is 91.1 Å². The molecule has 0 amide bonds. The Bertz CT molecular complexity index is 348. The summed E-state index contributed by atoms with van der Waals surface area (Å²) in [4.78, 5) is 0. The molecule has 2 heteroatoms. The summed E-state index contributed by atoms with van der Waals surface area (Å²) in [5.41, 5.74) is 8.25. The number of hydrogen-bond acceptors (Lipinski definition) is 2. The van der Waals surface area contributed by atoms with Crippen molar-refractivity contribution in [2.24, 2.45) is 5.73 Å². The van der Waals surface area contributed by atoms with E-state index in [-0.39, 0.29) is 6.04 Å². The molecule has 0 bridgehead atoms. The summed E-state index contributed by atoms with van der Waals surface area (Å²) >= 11 is 0. The second kappa shape index (κ2) is 4.23. The van der Waals surface area contributed by atoms with Gasteiger partial charge in [-0.1, -0.05) is 25.0 Å². The van der Waals surface area contributed by atoms with Crippen LogP contribution in [-0.2, 0) is 0 Å². The monoisotopic (exact) mass is 205 g/mol. The van der Waals surface area contributed by atoms with Gasteiger partial charge in [0.2, 0.25) is 0 Å². The van der Waals surface area contributed by atoms with E-state index in [2.05, 4.69) is 6.07 Å². The summed E-state index contributed by atoms with van der Waals surface area (Å²) < 4.78 is 0. The molecule has 2 unspecified atom stereocenters. The van der Waals surface area contributed by atoms with Crippen molar-refractivity contribution in [2.45, 2.75) is 44.6 Å². The van der Waals surface area contributed by atoms with Crippen LogP contribution in [0, 0.1) is 6.92 Å². The highest BCUT2D eigenvalue weighted by Crippen LogP contribution is 2.33. The molecule has 1 fully saturated rings. The van der Waals surface area contributed by atoms with Crippen molar-refractivity contribution >= 4 is 0 Å². The molecule has 82 valence electrons. The molecule has 2 nitrogen and oxygen atoms in total. The normalized spacial score (nSPS) is 26.5. The molecule has 2 rings (SSSR count). The third-order valence-electron chi connectivity index (χ3n) is 3.48. The fraction of sp³-hybridized carbons (Fsp3) is 0.538. The van der Waals surface area contributed by atoms with Crippen molar-refractivity contribution in [2.75, 3.05) is 0 Å². The van der Waals surface area contributed by atoms with E-state index >= 15 is 0 Å². The Morgan fingerprint density at radius 3 is 2.67 bits per heavy atom. The second-order valence-electron chi connectivity index (χ2n) is 4.60. The minimum absolute atomic E-state index is 0.265. The zero-order chi connectivity index (χ0) is 10.8. The van der Waals surface area contributed by atoms with Gasteiger partial charge in [0, 0.05) is 6.04 Å². The van der Waals surface area contributed by atoms with Crippen molar-refractivity contribution in [1.29, 1.82) is 0 Å². The van der Waals surface area contributed by atoms with Crippen molar-refractivity contribution in [1.82, 2.24) is 0 Å². The van der Waals surface area contributed by atoms with Crippen LogP contribution in [0.15, 0.2) is 18.2 Å². The third-order valence-corrected chi connectivity index (χ3v) is 3.48. The topological polar surface area (TPSA) is 46.2 Å². The van der Waals surface area contributed by atoms with Gasteiger partial charge >= 0.3 is 0 Å². The molecule has 0 saturated heterocycles. The molecule has 15 heavy (non-hydrogen) atoms. The molecule has 0 aliphatic heterocycles. The van der Waals surface area contributed by atoms with Crippen LogP contribution in [-0.4, -0.2) is 11.1 Å². The van der Waals surface area contributed by atoms with Crippen LogP contribution in [0.2, 0.25) is 0 Å². The van der Waals surface area contributed by atoms with Crippen molar-refractivity contribution in [3.63, 3.8) is 0 Å². The number of phenols is 1. The highest BCUT2D eigenvalue weighted by Gasteiger charge is 2.23. The third kappa shape index (κ3) is 2.15. The van der Waals surface area contributed by atoms with E-state index in [9.17, 15) is 5.11 Å². The van der Waals surface area contributed by atoms with Crippen LogP contribution in [0.5, 0.6) is 5.75 Å². The minimum Gasteiger partial charge on any atom is -0.508 e. The molecule has 0 heterocycles. The lowest BCUT2D eigenvalue weighted by atomic mass is 9.80.